The normalized spacial score (nSPS) is 14.8. The van der Waals surface area contributed by atoms with Gasteiger partial charge in [0.1, 0.15) is 0 Å². The van der Waals surface area contributed by atoms with Crippen molar-refractivity contribution in [3.05, 3.63) is 23.8 Å². The van der Waals surface area contributed by atoms with Crippen LogP contribution >= 0.6 is 15.9 Å². The Bertz CT molecular complexity index is 423. The zero-order valence-corrected chi connectivity index (χ0v) is 15.1. The summed E-state index contributed by atoms with van der Waals surface area (Å²) in [5.41, 5.74) is 1.62. The van der Waals surface area contributed by atoms with Gasteiger partial charge >= 0.3 is 0 Å². The summed E-state index contributed by atoms with van der Waals surface area (Å²) in [6.07, 6.45) is 2.34. The van der Waals surface area contributed by atoms with E-state index in [0.717, 1.165) is 17.9 Å². The van der Waals surface area contributed by atoms with E-state index in [9.17, 15) is 0 Å². The van der Waals surface area contributed by atoms with Crippen molar-refractivity contribution in [1.29, 1.82) is 0 Å². The van der Waals surface area contributed by atoms with Gasteiger partial charge in [0.25, 0.3) is 0 Å². The second-order valence-corrected chi connectivity index (χ2v) is 7.79. The van der Waals surface area contributed by atoms with E-state index >= 15 is 0 Å². The highest BCUT2D eigenvalue weighted by Gasteiger charge is 2.19. The molecule has 20 heavy (non-hydrogen) atoms. The Morgan fingerprint density at radius 2 is 1.70 bits per heavy atom. The molecule has 0 fully saturated rings. The zero-order chi connectivity index (χ0) is 15.3. The number of halogens is 1. The van der Waals surface area contributed by atoms with Crippen molar-refractivity contribution in [2.24, 2.45) is 11.3 Å². The molecule has 114 valence electrons. The van der Waals surface area contributed by atoms with Gasteiger partial charge in [-0.3, -0.25) is 0 Å². The Hall–Kier alpha value is -0.700. The molecule has 0 amide bonds. The van der Waals surface area contributed by atoms with Gasteiger partial charge in [0.15, 0.2) is 11.5 Å². The van der Waals surface area contributed by atoms with Crippen molar-refractivity contribution >= 4 is 15.9 Å². The molecule has 0 bridgehead atoms. The lowest BCUT2D eigenvalue weighted by Gasteiger charge is -2.25. The molecule has 0 heterocycles. The molecule has 2 nitrogen and oxygen atoms in total. The summed E-state index contributed by atoms with van der Waals surface area (Å²) in [4.78, 5) is 0.347. The third-order valence-electron chi connectivity index (χ3n) is 3.34. The van der Waals surface area contributed by atoms with Crippen LogP contribution in [-0.2, 0) is 0 Å². The maximum atomic E-state index is 5.37. The average molecular weight is 343 g/mol. The third-order valence-corrected chi connectivity index (χ3v) is 4.24. The Morgan fingerprint density at radius 1 is 1.10 bits per heavy atom. The zero-order valence-electron chi connectivity index (χ0n) is 13.5. The highest BCUT2D eigenvalue weighted by molar-refractivity contribution is 9.09. The molecule has 3 heteroatoms. The smallest absolute Gasteiger partial charge is 0.161 e. The van der Waals surface area contributed by atoms with Gasteiger partial charge in [-0.15, -0.1) is 0 Å². The van der Waals surface area contributed by atoms with Crippen molar-refractivity contribution < 1.29 is 9.47 Å². The molecule has 0 aromatic heterocycles. The molecule has 0 aliphatic rings. The highest BCUT2D eigenvalue weighted by Crippen LogP contribution is 2.38. The SMILES string of the molecule is COc1ccc(C(Br)CC(C)CC(C)(C)C)cc1OC. The van der Waals surface area contributed by atoms with Gasteiger partial charge in [-0.25, -0.2) is 0 Å². The molecule has 0 saturated carbocycles. The van der Waals surface area contributed by atoms with Gasteiger partial charge in [-0.1, -0.05) is 49.7 Å². The summed E-state index contributed by atoms with van der Waals surface area (Å²) in [5.74, 6) is 2.24. The first-order valence-corrected chi connectivity index (χ1v) is 8.04. The van der Waals surface area contributed by atoms with Gasteiger partial charge in [-0.05, 0) is 41.9 Å². The fraction of sp³-hybridized carbons (Fsp3) is 0.647. The maximum absolute atomic E-state index is 5.37. The fourth-order valence-electron chi connectivity index (χ4n) is 2.67. The molecule has 0 radical (unpaired) electrons. The average Bonchev–Trinajstić information content (AvgIpc) is 2.35. The minimum Gasteiger partial charge on any atom is -0.493 e. The first kappa shape index (κ1) is 17.4. The van der Waals surface area contributed by atoms with Crippen LogP contribution in [0.25, 0.3) is 0 Å². The van der Waals surface area contributed by atoms with E-state index in [1.807, 2.05) is 6.07 Å². The van der Waals surface area contributed by atoms with E-state index < -0.39 is 0 Å². The predicted molar refractivity (Wildman–Crippen MR) is 89.1 cm³/mol. The molecule has 0 aliphatic carbocycles. The number of benzene rings is 1. The van der Waals surface area contributed by atoms with Crippen molar-refractivity contribution in [2.75, 3.05) is 14.2 Å². The van der Waals surface area contributed by atoms with Crippen LogP contribution < -0.4 is 9.47 Å². The van der Waals surface area contributed by atoms with Crippen LogP contribution in [0.3, 0.4) is 0 Å². The summed E-state index contributed by atoms with van der Waals surface area (Å²) in [6.45, 7) is 9.20. The van der Waals surface area contributed by atoms with E-state index in [2.05, 4.69) is 55.8 Å². The fourth-order valence-corrected chi connectivity index (χ4v) is 3.59. The Kier molecular flexibility index (Phi) is 6.38. The van der Waals surface area contributed by atoms with Crippen LogP contribution in [0, 0.1) is 11.3 Å². The maximum Gasteiger partial charge on any atom is 0.161 e. The molecule has 0 N–H and O–H groups in total. The van der Waals surface area contributed by atoms with Crippen LogP contribution in [-0.4, -0.2) is 14.2 Å². The monoisotopic (exact) mass is 342 g/mol. The number of alkyl halides is 1. The minimum absolute atomic E-state index is 0.347. The molecule has 0 saturated heterocycles. The van der Waals surface area contributed by atoms with Crippen molar-refractivity contribution in [3.8, 4) is 11.5 Å². The molecule has 1 aromatic carbocycles. The van der Waals surface area contributed by atoms with Crippen molar-refractivity contribution in [2.45, 2.75) is 45.4 Å². The Balaban J connectivity index is 2.74. The van der Waals surface area contributed by atoms with Crippen molar-refractivity contribution in [1.82, 2.24) is 0 Å². The first-order valence-electron chi connectivity index (χ1n) is 7.13. The number of rotatable bonds is 6. The van der Waals surface area contributed by atoms with Crippen LogP contribution in [0.1, 0.15) is 50.9 Å². The molecule has 0 aliphatic heterocycles. The van der Waals surface area contributed by atoms with E-state index in [4.69, 9.17) is 9.47 Å². The predicted octanol–water partition coefficient (Wildman–Crippen LogP) is 5.60. The van der Waals surface area contributed by atoms with Gasteiger partial charge in [0.2, 0.25) is 0 Å². The van der Waals surface area contributed by atoms with E-state index in [1.165, 1.54) is 12.0 Å². The number of methoxy groups -OCH3 is 2. The Morgan fingerprint density at radius 3 is 2.20 bits per heavy atom. The lowest BCUT2D eigenvalue weighted by atomic mass is 9.83. The largest absolute Gasteiger partial charge is 0.493 e. The Labute approximate surface area is 132 Å². The van der Waals surface area contributed by atoms with Crippen LogP contribution in [0.15, 0.2) is 18.2 Å². The van der Waals surface area contributed by atoms with Crippen LogP contribution in [0.5, 0.6) is 11.5 Å². The summed E-state index contributed by atoms with van der Waals surface area (Å²) >= 11 is 3.81. The second-order valence-electron chi connectivity index (χ2n) is 6.69. The van der Waals surface area contributed by atoms with Gasteiger partial charge in [0, 0.05) is 4.83 Å². The van der Waals surface area contributed by atoms with Crippen LogP contribution in [0.4, 0.5) is 0 Å². The summed E-state index contributed by atoms with van der Waals surface area (Å²) in [7, 11) is 3.33. The number of hydrogen-bond acceptors (Lipinski definition) is 2. The topological polar surface area (TPSA) is 18.5 Å². The molecule has 2 unspecified atom stereocenters. The molecular weight excluding hydrogens is 316 g/mol. The summed E-state index contributed by atoms with van der Waals surface area (Å²) in [5, 5.41) is 0. The third kappa shape index (κ3) is 5.35. The standard InChI is InChI=1S/C17H27BrO2/c1-12(11-17(2,3)4)9-14(18)13-7-8-15(19-5)16(10-13)20-6/h7-8,10,12,14H,9,11H2,1-6H3. The van der Waals surface area contributed by atoms with E-state index in [-0.39, 0.29) is 0 Å². The van der Waals surface area contributed by atoms with E-state index in [1.54, 1.807) is 14.2 Å². The number of ether oxygens (including phenoxy) is 2. The minimum atomic E-state index is 0.347. The molecular formula is C17H27BrO2. The molecule has 1 aromatic rings. The van der Waals surface area contributed by atoms with Crippen LogP contribution in [0.2, 0.25) is 0 Å². The number of hydrogen-bond donors (Lipinski definition) is 0. The second kappa shape index (κ2) is 7.35. The molecule has 2 atom stereocenters. The van der Waals surface area contributed by atoms with Gasteiger partial charge in [0.05, 0.1) is 14.2 Å². The molecule has 0 spiro atoms. The van der Waals surface area contributed by atoms with Crippen molar-refractivity contribution in [3.63, 3.8) is 0 Å². The summed E-state index contributed by atoms with van der Waals surface area (Å²) < 4.78 is 10.6. The van der Waals surface area contributed by atoms with Gasteiger partial charge in [-0.2, -0.15) is 0 Å². The lowest BCUT2D eigenvalue weighted by molar-refractivity contribution is 0.296. The van der Waals surface area contributed by atoms with E-state index in [0.29, 0.717) is 16.2 Å². The van der Waals surface area contributed by atoms with Gasteiger partial charge < -0.3 is 9.47 Å². The summed E-state index contributed by atoms with van der Waals surface area (Å²) in [6, 6.07) is 6.13. The quantitative estimate of drug-likeness (QED) is 0.626. The lowest BCUT2D eigenvalue weighted by Crippen LogP contribution is -2.12. The highest BCUT2D eigenvalue weighted by atomic mass is 79.9. The first-order chi connectivity index (χ1) is 9.26. The molecule has 1 rings (SSSR count).